The number of rotatable bonds is 8. The Morgan fingerprint density at radius 2 is 1.54 bits per heavy atom. The summed E-state index contributed by atoms with van der Waals surface area (Å²) in [4.78, 5) is 25.7. The van der Waals surface area contributed by atoms with Gasteiger partial charge < -0.3 is 15.1 Å². The summed E-state index contributed by atoms with van der Waals surface area (Å²) in [7, 11) is 0. The minimum Gasteiger partial charge on any atom is -0.366 e. The first-order chi connectivity index (χ1) is 18.9. The van der Waals surface area contributed by atoms with Crippen LogP contribution in [0.15, 0.2) is 84.0 Å². The fourth-order valence-electron chi connectivity index (χ4n) is 4.28. The molecule has 39 heavy (non-hydrogen) atoms. The van der Waals surface area contributed by atoms with Gasteiger partial charge in [-0.1, -0.05) is 59.8 Å². The Hall–Kier alpha value is -3.69. The van der Waals surface area contributed by atoms with Crippen molar-refractivity contribution in [2.75, 3.05) is 36.0 Å². The quantitative estimate of drug-likeness (QED) is 0.162. The maximum atomic E-state index is 14.2. The molecule has 1 aliphatic heterocycles. The number of nitrogens with zero attached hydrogens (tertiary/aromatic N) is 4. The summed E-state index contributed by atoms with van der Waals surface area (Å²) in [6.07, 6.45) is 0. The molecule has 0 atom stereocenters. The number of nitrogens with one attached hydrogen (secondary N) is 1. The van der Waals surface area contributed by atoms with Gasteiger partial charge in [0, 0.05) is 50.1 Å². The Labute approximate surface area is 235 Å². The molecule has 0 aliphatic carbocycles. The lowest BCUT2D eigenvalue weighted by Crippen LogP contribution is -2.47. The number of thioether (sulfide) groups is 1. The summed E-state index contributed by atoms with van der Waals surface area (Å²) >= 11 is 7.78. The standard InChI is InChI=1S/C29H26ClF2N5OS/c30-26-17-27(37-15-13-36(14-16-37)25-4-2-1-3-24(25)32)35-29(34-26)39-19-21-5-9-22(10-6-21)28(38)33-18-20-7-11-23(31)12-8-20/h1-12,17H,13-16,18-19H2,(H,33,38). The summed E-state index contributed by atoms with van der Waals surface area (Å²) < 4.78 is 27.2. The monoisotopic (exact) mass is 565 g/mol. The van der Waals surface area contributed by atoms with Gasteiger partial charge in [0.15, 0.2) is 5.16 Å². The van der Waals surface area contributed by atoms with Crippen molar-refractivity contribution in [1.82, 2.24) is 15.3 Å². The lowest BCUT2D eigenvalue weighted by Gasteiger charge is -2.36. The molecule has 6 nitrogen and oxygen atoms in total. The second kappa shape index (κ2) is 12.4. The number of carbonyl (C=O) groups is 1. The Bertz CT molecular complexity index is 1430. The van der Waals surface area contributed by atoms with Crippen molar-refractivity contribution in [2.24, 2.45) is 0 Å². The van der Waals surface area contributed by atoms with Crippen LogP contribution in [-0.2, 0) is 12.3 Å². The van der Waals surface area contributed by atoms with Crippen molar-refractivity contribution < 1.29 is 13.6 Å². The number of hydrogen-bond donors (Lipinski definition) is 1. The van der Waals surface area contributed by atoms with Gasteiger partial charge in [-0.25, -0.2) is 18.7 Å². The molecule has 0 bridgehead atoms. The maximum Gasteiger partial charge on any atom is 0.251 e. The third-order valence-electron chi connectivity index (χ3n) is 6.41. The first-order valence-corrected chi connectivity index (χ1v) is 13.8. The lowest BCUT2D eigenvalue weighted by molar-refractivity contribution is 0.0951. The number of halogens is 3. The fourth-order valence-corrected chi connectivity index (χ4v) is 5.32. The van der Waals surface area contributed by atoms with E-state index in [1.165, 1.54) is 30.0 Å². The predicted molar refractivity (Wildman–Crippen MR) is 151 cm³/mol. The van der Waals surface area contributed by atoms with E-state index in [0.717, 1.165) is 16.9 Å². The van der Waals surface area contributed by atoms with Crippen molar-refractivity contribution >= 4 is 40.8 Å². The minimum atomic E-state index is -0.308. The Balaban J connectivity index is 1.14. The van der Waals surface area contributed by atoms with E-state index in [0.29, 0.717) is 60.0 Å². The molecule has 3 aromatic carbocycles. The molecule has 200 valence electrons. The van der Waals surface area contributed by atoms with Crippen LogP contribution in [0.25, 0.3) is 0 Å². The summed E-state index contributed by atoms with van der Waals surface area (Å²) in [6.45, 7) is 3.06. The summed E-state index contributed by atoms with van der Waals surface area (Å²) in [5.74, 6) is 0.638. The largest absolute Gasteiger partial charge is 0.366 e. The van der Waals surface area contributed by atoms with Crippen LogP contribution >= 0.6 is 23.4 Å². The van der Waals surface area contributed by atoms with E-state index >= 15 is 0 Å². The molecule has 0 unspecified atom stereocenters. The Kier molecular flexibility index (Phi) is 8.58. The number of benzene rings is 3. The van der Waals surface area contributed by atoms with Gasteiger partial charge in [-0.15, -0.1) is 0 Å². The molecule has 1 saturated heterocycles. The van der Waals surface area contributed by atoms with E-state index in [2.05, 4.69) is 15.2 Å². The second-order valence-electron chi connectivity index (χ2n) is 9.05. The number of amides is 1. The average Bonchev–Trinajstić information content (AvgIpc) is 2.96. The van der Waals surface area contributed by atoms with E-state index in [1.54, 1.807) is 42.5 Å². The topological polar surface area (TPSA) is 61.4 Å². The normalized spacial score (nSPS) is 13.4. The van der Waals surface area contributed by atoms with E-state index in [9.17, 15) is 13.6 Å². The molecule has 5 rings (SSSR count). The van der Waals surface area contributed by atoms with Crippen LogP contribution in [0.4, 0.5) is 20.3 Å². The first kappa shape index (κ1) is 26.9. The van der Waals surface area contributed by atoms with Crippen LogP contribution in [0.5, 0.6) is 0 Å². The van der Waals surface area contributed by atoms with Gasteiger partial charge in [0.25, 0.3) is 5.91 Å². The van der Waals surface area contributed by atoms with Crippen LogP contribution in [0.2, 0.25) is 5.15 Å². The zero-order valence-electron chi connectivity index (χ0n) is 21.0. The molecule has 0 spiro atoms. The smallest absolute Gasteiger partial charge is 0.251 e. The predicted octanol–water partition coefficient (Wildman–Crippen LogP) is 5.96. The third kappa shape index (κ3) is 7.04. The molecule has 0 radical (unpaired) electrons. The molecule has 1 aliphatic rings. The van der Waals surface area contributed by atoms with Gasteiger partial charge in [-0.3, -0.25) is 4.79 Å². The van der Waals surface area contributed by atoms with Crippen molar-refractivity contribution in [1.29, 1.82) is 0 Å². The summed E-state index contributed by atoms with van der Waals surface area (Å²) in [6, 6.07) is 21.9. The molecule has 1 fully saturated rings. The molecule has 1 aromatic heterocycles. The molecule has 2 heterocycles. The van der Waals surface area contributed by atoms with Crippen molar-refractivity contribution in [3.63, 3.8) is 0 Å². The Morgan fingerprint density at radius 3 is 2.26 bits per heavy atom. The molecular formula is C29H26ClF2N5OS. The van der Waals surface area contributed by atoms with Crippen molar-refractivity contribution in [3.8, 4) is 0 Å². The maximum absolute atomic E-state index is 14.2. The highest BCUT2D eigenvalue weighted by atomic mass is 35.5. The molecule has 1 amide bonds. The first-order valence-electron chi connectivity index (χ1n) is 12.5. The van der Waals surface area contributed by atoms with Crippen LogP contribution in [0.1, 0.15) is 21.5 Å². The van der Waals surface area contributed by atoms with Crippen LogP contribution in [0, 0.1) is 11.6 Å². The van der Waals surface area contributed by atoms with Crippen LogP contribution in [-0.4, -0.2) is 42.1 Å². The highest BCUT2D eigenvalue weighted by molar-refractivity contribution is 7.98. The molecule has 10 heteroatoms. The van der Waals surface area contributed by atoms with Crippen LogP contribution < -0.4 is 15.1 Å². The minimum absolute atomic E-state index is 0.198. The summed E-state index contributed by atoms with van der Waals surface area (Å²) in [5, 5.41) is 3.78. The van der Waals surface area contributed by atoms with Gasteiger partial charge >= 0.3 is 0 Å². The highest BCUT2D eigenvalue weighted by Gasteiger charge is 2.21. The van der Waals surface area contributed by atoms with Gasteiger partial charge in [-0.05, 0) is 47.5 Å². The number of para-hydroxylation sites is 1. The number of anilines is 2. The van der Waals surface area contributed by atoms with E-state index in [4.69, 9.17) is 16.6 Å². The molecule has 4 aromatic rings. The van der Waals surface area contributed by atoms with Gasteiger partial charge in [0.05, 0.1) is 5.69 Å². The number of hydrogen-bond acceptors (Lipinski definition) is 6. The SMILES string of the molecule is O=C(NCc1ccc(F)cc1)c1ccc(CSc2nc(Cl)cc(N3CCN(c4ccccc4F)CC3)n2)cc1. The molecular weight excluding hydrogens is 540 g/mol. The van der Waals surface area contributed by atoms with Gasteiger partial charge in [-0.2, -0.15) is 0 Å². The zero-order chi connectivity index (χ0) is 27.2. The van der Waals surface area contributed by atoms with Gasteiger partial charge in [0.2, 0.25) is 0 Å². The van der Waals surface area contributed by atoms with Gasteiger partial charge in [0.1, 0.15) is 22.6 Å². The molecule has 1 N–H and O–H groups in total. The second-order valence-corrected chi connectivity index (χ2v) is 10.4. The van der Waals surface area contributed by atoms with Crippen molar-refractivity contribution in [3.05, 3.63) is 112 Å². The number of piperazine rings is 1. The molecule has 0 saturated carbocycles. The van der Waals surface area contributed by atoms with Crippen molar-refractivity contribution in [2.45, 2.75) is 17.5 Å². The number of aromatic nitrogens is 2. The zero-order valence-corrected chi connectivity index (χ0v) is 22.6. The Morgan fingerprint density at radius 1 is 0.872 bits per heavy atom. The number of carbonyl (C=O) groups excluding carboxylic acids is 1. The lowest BCUT2D eigenvalue weighted by atomic mass is 10.1. The van der Waals surface area contributed by atoms with E-state index in [1.807, 2.05) is 23.1 Å². The highest BCUT2D eigenvalue weighted by Crippen LogP contribution is 2.27. The third-order valence-corrected chi connectivity index (χ3v) is 7.52. The van der Waals surface area contributed by atoms with E-state index < -0.39 is 0 Å². The fraction of sp³-hybridized carbons (Fsp3) is 0.207. The van der Waals surface area contributed by atoms with Crippen LogP contribution in [0.3, 0.4) is 0 Å². The summed E-state index contributed by atoms with van der Waals surface area (Å²) in [5.41, 5.74) is 3.00. The average molecular weight is 566 g/mol. The van der Waals surface area contributed by atoms with E-state index in [-0.39, 0.29) is 17.5 Å².